The zero-order chi connectivity index (χ0) is 19.8. The average molecular weight is 369 g/mol. The predicted molar refractivity (Wildman–Crippen MR) is 100 cm³/mol. The minimum absolute atomic E-state index is 0.204. The number of esters is 1. The molecule has 0 radical (unpaired) electrons. The summed E-state index contributed by atoms with van der Waals surface area (Å²) in [6.45, 7) is 3.54. The molecule has 1 unspecified atom stereocenters. The summed E-state index contributed by atoms with van der Waals surface area (Å²) in [5, 5.41) is 2.49. The SMILES string of the molecule is COC(=O)[C@@H](NC(=O)OC(C(=O)c1ccccc1)c1ccccc1)C(C)C. The van der Waals surface area contributed by atoms with Crippen LogP contribution in [-0.2, 0) is 14.3 Å². The Labute approximate surface area is 158 Å². The van der Waals surface area contributed by atoms with E-state index >= 15 is 0 Å². The monoisotopic (exact) mass is 369 g/mol. The Balaban J connectivity index is 2.23. The normalized spacial score (nSPS) is 12.7. The summed E-state index contributed by atoms with van der Waals surface area (Å²) in [7, 11) is 1.25. The molecule has 27 heavy (non-hydrogen) atoms. The summed E-state index contributed by atoms with van der Waals surface area (Å²) in [6, 6.07) is 16.5. The Morgan fingerprint density at radius 1 is 0.889 bits per heavy atom. The molecule has 2 rings (SSSR count). The Morgan fingerprint density at radius 3 is 1.96 bits per heavy atom. The number of nitrogens with one attached hydrogen (secondary N) is 1. The number of ether oxygens (including phenoxy) is 2. The van der Waals surface area contributed by atoms with Crippen molar-refractivity contribution in [1.82, 2.24) is 5.32 Å². The fourth-order valence-corrected chi connectivity index (χ4v) is 2.55. The molecule has 1 amide bonds. The molecule has 0 aliphatic carbocycles. The molecule has 0 bridgehead atoms. The lowest BCUT2D eigenvalue weighted by atomic mass is 10.00. The Hall–Kier alpha value is -3.15. The molecule has 0 aromatic heterocycles. The molecule has 1 N–H and O–H groups in total. The van der Waals surface area contributed by atoms with Crippen LogP contribution in [0.25, 0.3) is 0 Å². The van der Waals surface area contributed by atoms with Crippen molar-refractivity contribution in [1.29, 1.82) is 0 Å². The van der Waals surface area contributed by atoms with Crippen LogP contribution in [-0.4, -0.2) is 31.0 Å². The molecule has 0 saturated carbocycles. The van der Waals surface area contributed by atoms with Crippen LogP contribution in [0.2, 0.25) is 0 Å². The van der Waals surface area contributed by atoms with Gasteiger partial charge in [0.15, 0.2) is 6.10 Å². The second-order valence-corrected chi connectivity index (χ2v) is 6.32. The van der Waals surface area contributed by atoms with Crippen molar-refractivity contribution in [3.63, 3.8) is 0 Å². The number of rotatable bonds is 7. The van der Waals surface area contributed by atoms with Gasteiger partial charge >= 0.3 is 12.1 Å². The van der Waals surface area contributed by atoms with E-state index in [9.17, 15) is 14.4 Å². The summed E-state index contributed by atoms with van der Waals surface area (Å²) in [5.74, 6) is -1.13. The van der Waals surface area contributed by atoms with Gasteiger partial charge in [0.25, 0.3) is 0 Å². The van der Waals surface area contributed by atoms with E-state index in [-0.39, 0.29) is 11.7 Å². The summed E-state index contributed by atoms with van der Waals surface area (Å²) in [4.78, 5) is 37.1. The molecule has 0 aliphatic rings. The molecule has 2 aromatic carbocycles. The first-order valence-electron chi connectivity index (χ1n) is 8.63. The van der Waals surface area contributed by atoms with Crippen LogP contribution in [0.15, 0.2) is 60.7 Å². The molecule has 0 heterocycles. The highest BCUT2D eigenvalue weighted by molar-refractivity contribution is 6.01. The maximum Gasteiger partial charge on any atom is 0.408 e. The van der Waals surface area contributed by atoms with Crippen LogP contribution in [0, 0.1) is 5.92 Å². The van der Waals surface area contributed by atoms with E-state index < -0.39 is 24.2 Å². The lowest BCUT2D eigenvalue weighted by Crippen LogP contribution is -2.45. The fraction of sp³-hybridized carbons (Fsp3) is 0.286. The number of carbonyl (C=O) groups is 3. The van der Waals surface area contributed by atoms with E-state index in [0.29, 0.717) is 11.1 Å². The van der Waals surface area contributed by atoms with Gasteiger partial charge in [0.05, 0.1) is 7.11 Å². The van der Waals surface area contributed by atoms with Crippen molar-refractivity contribution in [3.05, 3.63) is 71.8 Å². The molecule has 0 spiro atoms. The first kappa shape index (κ1) is 20.2. The maximum absolute atomic E-state index is 12.9. The maximum atomic E-state index is 12.9. The molecule has 2 atom stereocenters. The van der Waals surface area contributed by atoms with Crippen LogP contribution >= 0.6 is 0 Å². The van der Waals surface area contributed by atoms with Gasteiger partial charge in [-0.25, -0.2) is 9.59 Å². The minimum atomic E-state index is -1.13. The third-order valence-electron chi connectivity index (χ3n) is 4.02. The number of benzene rings is 2. The van der Waals surface area contributed by atoms with Crippen molar-refractivity contribution >= 4 is 17.8 Å². The summed E-state index contributed by atoms with van der Waals surface area (Å²) in [6.07, 6.45) is -1.99. The quantitative estimate of drug-likeness (QED) is 0.596. The van der Waals surface area contributed by atoms with Crippen molar-refractivity contribution in [3.8, 4) is 0 Å². The van der Waals surface area contributed by atoms with Crippen LogP contribution in [0.1, 0.15) is 35.9 Å². The van der Waals surface area contributed by atoms with Gasteiger partial charge in [0, 0.05) is 11.1 Å². The van der Waals surface area contributed by atoms with E-state index in [4.69, 9.17) is 9.47 Å². The van der Waals surface area contributed by atoms with Gasteiger partial charge in [0.1, 0.15) is 6.04 Å². The van der Waals surface area contributed by atoms with E-state index in [1.54, 1.807) is 74.5 Å². The first-order chi connectivity index (χ1) is 12.9. The highest BCUT2D eigenvalue weighted by Crippen LogP contribution is 2.23. The highest BCUT2D eigenvalue weighted by atomic mass is 16.6. The highest BCUT2D eigenvalue weighted by Gasteiger charge is 2.30. The molecule has 6 nitrogen and oxygen atoms in total. The van der Waals surface area contributed by atoms with Gasteiger partial charge in [0.2, 0.25) is 5.78 Å². The van der Waals surface area contributed by atoms with Gasteiger partial charge in [-0.05, 0) is 5.92 Å². The van der Waals surface area contributed by atoms with E-state index in [1.807, 2.05) is 0 Å². The molecular formula is C21H23NO5. The average Bonchev–Trinajstić information content (AvgIpc) is 2.70. The van der Waals surface area contributed by atoms with Crippen LogP contribution in [0.5, 0.6) is 0 Å². The number of carbonyl (C=O) groups excluding carboxylic acids is 3. The minimum Gasteiger partial charge on any atom is -0.467 e. The van der Waals surface area contributed by atoms with Gasteiger partial charge in [-0.15, -0.1) is 0 Å². The molecule has 0 aliphatic heterocycles. The molecule has 6 heteroatoms. The summed E-state index contributed by atoms with van der Waals surface area (Å²) in [5.41, 5.74) is 0.966. The topological polar surface area (TPSA) is 81.7 Å². The Bertz CT molecular complexity index is 774. The third-order valence-corrected chi connectivity index (χ3v) is 4.02. The molecule has 0 saturated heterocycles. The standard InChI is InChI=1S/C21H23NO5/c1-14(2)17(20(24)26-3)22-21(25)27-19(16-12-8-5-9-13-16)18(23)15-10-6-4-7-11-15/h4-14,17,19H,1-3H3,(H,22,25)/t17-,19?/m0/s1. The van der Waals surface area contributed by atoms with E-state index in [2.05, 4.69) is 5.32 Å². The smallest absolute Gasteiger partial charge is 0.408 e. The third kappa shape index (κ3) is 5.41. The molecule has 2 aromatic rings. The molecule has 0 fully saturated rings. The van der Waals surface area contributed by atoms with E-state index in [1.165, 1.54) is 7.11 Å². The van der Waals surface area contributed by atoms with E-state index in [0.717, 1.165) is 0 Å². The number of ketones is 1. The second-order valence-electron chi connectivity index (χ2n) is 6.32. The van der Waals surface area contributed by atoms with Gasteiger partial charge in [-0.2, -0.15) is 0 Å². The lowest BCUT2D eigenvalue weighted by molar-refractivity contribution is -0.144. The molecular weight excluding hydrogens is 346 g/mol. The van der Waals surface area contributed by atoms with Crippen LogP contribution in [0.4, 0.5) is 4.79 Å². The van der Waals surface area contributed by atoms with Crippen molar-refractivity contribution < 1.29 is 23.9 Å². The summed E-state index contributed by atoms with van der Waals surface area (Å²) >= 11 is 0. The predicted octanol–water partition coefficient (Wildman–Crippen LogP) is 3.53. The van der Waals surface area contributed by atoms with Gasteiger partial charge in [-0.1, -0.05) is 74.5 Å². The zero-order valence-corrected chi connectivity index (χ0v) is 15.5. The number of amides is 1. The molecule has 142 valence electrons. The largest absolute Gasteiger partial charge is 0.467 e. The number of methoxy groups -OCH3 is 1. The van der Waals surface area contributed by atoms with Gasteiger partial charge in [-0.3, -0.25) is 4.79 Å². The Kier molecular flexibility index (Phi) is 7.11. The fourth-order valence-electron chi connectivity index (χ4n) is 2.55. The number of alkyl carbamates (subject to hydrolysis) is 1. The van der Waals surface area contributed by atoms with Crippen molar-refractivity contribution in [2.45, 2.75) is 26.0 Å². The Morgan fingerprint density at radius 2 is 1.44 bits per heavy atom. The van der Waals surface area contributed by atoms with Crippen molar-refractivity contribution in [2.24, 2.45) is 5.92 Å². The van der Waals surface area contributed by atoms with Crippen molar-refractivity contribution in [2.75, 3.05) is 7.11 Å². The number of hydrogen-bond donors (Lipinski definition) is 1. The second kappa shape index (κ2) is 9.52. The zero-order valence-electron chi connectivity index (χ0n) is 15.5. The van der Waals surface area contributed by atoms with Crippen LogP contribution < -0.4 is 5.32 Å². The van der Waals surface area contributed by atoms with Crippen LogP contribution in [0.3, 0.4) is 0 Å². The number of Topliss-reactive ketones (excluding diaryl/α,β-unsaturated/α-hetero) is 1. The lowest BCUT2D eigenvalue weighted by Gasteiger charge is -2.22. The summed E-state index contributed by atoms with van der Waals surface area (Å²) < 4.78 is 10.1. The number of hydrogen-bond acceptors (Lipinski definition) is 5. The van der Waals surface area contributed by atoms with Gasteiger partial charge < -0.3 is 14.8 Å². The first-order valence-corrected chi connectivity index (χ1v) is 8.63.